The molecule has 0 saturated carbocycles. The second kappa shape index (κ2) is 3.59. The molecule has 3 rings (SSSR count). The zero-order valence-electron chi connectivity index (χ0n) is 8.53. The standard InChI is InChI=1S/C9H7N7S/c10-8-13-7(14-9(17)15-8)5-3-12-16-2-1-11-4-6(5)16/h1-4H,(H3,10,13,14,15,17). The monoisotopic (exact) mass is 245 g/mol. The van der Waals surface area contributed by atoms with Crippen LogP contribution >= 0.6 is 12.2 Å². The van der Waals surface area contributed by atoms with Gasteiger partial charge in [-0.15, -0.1) is 0 Å². The second-order valence-corrected chi connectivity index (χ2v) is 3.69. The Kier molecular flexibility index (Phi) is 2.08. The zero-order valence-corrected chi connectivity index (χ0v) is 9.35. The van der Waals surface area contributed by atoms with Crippen LogP contribution < -0.4 is 5.73 Å². The minimum Gasteiger partial charge on any atom is -0.369 e. The van der Waals surface area contributed by atoms with Gasteiger partial charge in [0.2, 0.25) is 10.7 Å². The second-order valence-electron chi connectivity index (χ2n) is 3.33. The molecule has 3 heterocycles. The summed E-state index contributed by atoms with van der Waals surface area (Å²) in [4.78, 5) is 14.8. The summed E-state index contributed by atoms with van der Waals surface area (Å²) in [6, 6.07) is 0. The maximum Gasteiger partial charge on any atom is 0.224 e. The van der Waals surface area contributed by atoms with Gasteiger partial charge in [0, 0.05) is 12.4 Å². The van der Waals surface area contributed by atoms with Crippen LogP contribution in [0, 0.1) is 4.77 Å². The lowest BCUT2D eigenvalue weighted by atomic mass is 10.3. The highest BCUT2D eigenvalue weighted by Crippen LogP contribution is 2.19. The number of nitrogens with two attached hydrogens (primary N) is 1. The third-order valence-corrected chi connectivity index (χ3v) is 2.43. The minimum atomic E-state index is 0.194. The quantitative estimate of drug-likeness (QED) is 0.616. The number of nitrogens with zero attached hydrogens (tertiary/aromatic N) is 5. The van der Waals surface area contributed by atoms with Crippen LogP contribution in [0.2, 0.25) is 0 Å². The molecule has 0 saturated heterocycles. The number of rotatable bonds is 1. The van der Waals surface area contributed by atoms with E-state index in [4.69, 9.17) is 18.0 Å². The Hall–Kier alpha value is -2.35. The molecule has 0 bridgehead atoms. The van der Waals surface area contributed by atoms with Crippen molar-refractivity contribution in [3.63, 3.8) is 0 Å². The molecule has 7 nitrogen and oxygen atoms in total. The van der Waals surface area contributed by atoms with Crippen molar-refractivity contribution in [1.82, 2.24) is 29.5 Å². The van der Waals surface area contributed by atoms with Crippen molar-refractivity contribution < 1.29 is 0 Å². The van der Waals surface area contributed by atoms with Gasteiger partial charge in [0.1, 0.15) is 5.82 Å². The van der Waals surface area contributed by atoms with Gasteiger partial charge in [0.05, 0.1) is 23.5 Å². The number of hydrogen-bond acceptors (Lipinski definition) is 6. The van der Waals surface area contributed by atoms with Crippen LogP contribution in [0.1, 0.15) is 0 Å². The van der Waals surface area contributed by atoms with Crippen molar-refractivity contribution in [2.24, 2.45) is 0 Å². The number of H-pyrrole nitrogens is 1. The Morgan fingerprint density at radius 2 is 2.18 bits per heavy atom. The first-order valence-corrected chi connectivity index (χ1v) is 5.16. The third kappa shape index (κ3) is 1.64. The van der Waals surface area contributed by atoms with E-state index in [1.165, 1.54) is 0 Å². The molecular formula is C9H7N7S. The van der Waals surface area contributed by atoms with Gasteiger partial charge in [-0.1, -0.05) is 0 Å². The van der Waals surface area contributed by atoms with Crippen molar-refractivity contribution >= 4 is 23.7 Å². The lowest BCUT2D eigenvalue weighted by molar-refractivity contribution is 0.946. The van der Waals surface area contributed by atoms with Crippen molar-refractivity contribution in [2.45, 2.75) is 0 Å². The average molecular weight is 245 g/mol. The van der Waals surface area contributed by atoms with E-state index in [2.05, 4.69) is 25.0 Å². The summed E-state index contributed by atoms with van der Waals surface area (Å²) in [6.07, 6.45) is 6.76. The fraction of sp³-hybridized carbons (Fsp3) is 0. The highest BCUT2D eigenvalue weighted by molar-refractivity contribution is 7.71. The molecular weight excluding hydrogens is 238 g/mol. The van der Waals surface area contributed by atoms with Crippen LogP contribution in [0.15, 0.2) is 24.8 Å². The van der Waals surface area contributed by atoms with Crippen LogP contribution in [0.25, 0.3) is 16.9 Å². The number of hydrogen-bond donors (Lipinski definition) is 2. The van der Waals surface area contributed by atoms with E-state index in [1.54, 1.807) is 29.3 Å². The predicted octanol–water partition coefficient (Wildman–Crippen LogP) is 0.826. The van der Waals surface area contributed by atoms with E-state index in [-0.39, 0.29) is 10.7 Å². The highest BCUT2D eigenvalue weighted by Gasteiger charge is 2.09. The molecule has 3 N–H and O–H groups in total. The fourth-order valence-electron chi connectivity index (χ4n) is 1.55. The lowest BCUT2D eigenvalue weighted by Gasteiger charge is -1.99. The third-order valence-electron chi connectivity index (χ3n) is 2.25. The SMILES string of the molecule is Nc1nc(=S)nc(-c2cnn3ccncc23)[nH]1. The number of fused-ring (bicyclic) bond motifs is 1. The molecule has 0 aliphatic carbocycles. The number of aromatic amines is 1. The Morgan fingerprint density at radius 3 is 3.00 bits per heavy atom. The predicted molar refractivity (Wildman–Crippen MR) is 63.6 cm³/mol. The molecule has 0 atom stereocenters. The van der Waals surface area contributed by atoms with E-state index in [0.29, 0.717) is 5.82 Å². The first kappa shape index (κ1) is 9.85. The van der Waals surface area contributed by atoms with Crippen LogP contribution in [-0.4, -0.2) is 29.5 Å². The molecule has 0 amide bonds. The van der Waals surface area contributed by atoms with Crippen molar-refractivity contribution in [3.8, 4) is 11.4 Å². The maximum absolute atomic E-state index is 5.59. The number of anilines is 1. The molecule has 84 valence electrons. The topological polar surface area (TPSA) is 97.8 Å². The first-order chi connectivity index (χ1) is 8.24. The molecule has 0 aliphatic rings. The van der Waals surface area contributed by atoms with Gasteiger partial charge in [-0.2, -0.15) is 10.1 Å². The summed E-state index contributed by atoms with van der Waals surface area (Å²) < 4.78 is 1.89. The van der Waals surface area contributed by atoms with E-state index < -0.39 is 0 Å². The summed E-state index contributed by atoms with van der Waals surface area (Å²) in [5, 5.41) is 4.18. The molecule has 3 aromatic rings. The Bertz CT molecular complexity index is 744. The lowest BCUT2D eigenvalue weighted by Crippen LogP contribution is -1.99. The molecule has 17 heavy (non-hydrogen) atoms. The van der Waals surface area contributed by atoms with Crippen LogP contribution in [0.4, 0.5) is 5.95 Å². The number of aromatic nitrogens is 6. The van der Waals surface area contributed by atoms with Crippen LogP contribution in [0.3, 0.4) is 0 Å². The number of nitrogens with one attached hydrogen (secondary N) is 1. The fourth-order valence-corrected chi connectivity index (χ4v) is 1.73. The van der Waals surface area contributed by atoms with Crippen LogP contribution in [-0.2, 0) is 0 Å². The molecule has 3 aromatic heterocycles. The summed E-state index contributed by atoms with van der Waals surface area (Å²) in [7, 11) is 0. The van der Waals surface area contributed by atoms with E-state index in [9.17, 15) is 0 Å². The minimum absolute atomic E-state index is 0.194. The molecule has 0 radical (unpaired) electrons. The molecule has 0 aliphatic heterocycles. The Labute approximate surface area is 100 Å². The average Bonchev–Trinajstić information content (AvgIpc) is 2.71. The largest absolute Gasteiger partial charge is 0.369 e. The van der Waals surface area contributed by atoms with Crippen LogP contribution in [0.5, 0.6) is 0 Å². The molecule has 8 heteroatoms. The smallest absolute Gasteiger partial charge is 0.224 e. The Balaban J connectivity index is 2.30. The molecule has 0 spiro atoms. The van der Waals surface area contributed by atoms with E-state index in [1.807, 2.05) is 0 Å². The van der Waals surface area contributed by atoms with Gasteiger partial charge < -0.3 is 10.7 Å². The zero-order chi connectivity index (χ0) is 11.8. The molecule has 0 aromatic carbocycles. The van der Waals surface area contributed by atoms with Gasteiger partial charge in [0.25, 0.3) is 0 Å². The van der Waals surface area contributed by atoms with Gasteiger partial charge in [-0.05, 0) is 12.2 Å². The van der Waals surface area contributed by atoms with Crippen molar-refractivity contribution in [1.29, 1.82) is 0 Å². The number of nitrogen functional groups attached to an aromatic ring is 1. The van der Waals surface area contributed by atoms with Gasteiger partial charge in [-0.3, -0.25) is 4.98 Å². The summed E-state index contributed by atoms with van der Waals surface area (Å²) in [5.41, 5.74) is 7.19. The van der Waals surface area contributed by atoms with Gasteiger partial charge >= 0.3 is 0 Å². The normalized spacial score (nSPS) is 10.8. The highest BCUT2D eigenvalue weighted by atomic mass is 32.1. The van der Waals surface area contributed by atoms with E-state index in [0.717, 1.165) is 11.1 Å². The first-order valence-electron chi connectivity index (χ1n) is 4.75. The Morgan fingerprint density at radius 1 is 1.29 bits per heavy atom. The van der Waals surface area contributed by atoms with Crippen molar-refractivity contribution in [2.75, 3.05) is 5.73 Å². The summed E-state index contributed by atoms with van der Waals surface area (Å²) in [5.74, 6) is 0.758. The maximum atomic E-state index is 5.59. The van der Waals surface area contributed by atoms with Gasteiger partial charge in [-0.25, -0.2) is 9.50 Å². The summed E-state index contributed by atoms with van der Waals surface area (Å²) in [6.45, 7) is 0. The van der Waals surface area contributed by atoms with E-state index >= 15 is 0 Å². The molecule has 0 unspecified atom stereocenters. The molecule has 0 fully saturated rings. The van der Waals surface area contributed by atoms with Gasteiger partial charge in [0.15, 0.2) is 0 Å². The summed E-state index contributed by atoms with van der Waals surface area (Å²) >= 11 is 4.92. The van der Waals surface area contributed by atoms with Crippen molar-refractivity contribution in [3.05, 3.63) is 29.6 Å².